The number of thiol groups is 1. The van der Waals surface area contributed by atoms with E-state index in [1.807, 2.05) is 0 Å². The Balaban J connectivity index is 2.72. The summed E-state index contributed by atoms with van der Waals surface area (Å²) >= 11 is 3.63. The number of anilines is 1. The normalized spacial score (nSPS) is 11.0. The molecule has 0 heterocycles. The molecular weight excluding hydrogens is 243 g/mol. The van der Waals surface area contributed by atoms with Gasteiger partial charge in [-0.15, -0.1) is 0 Å². The van der Waals surface area contributed by atoms with E-state index in [0.29, 0.717) is 0 Å². The van der Waals surface area contributed by atoms with Crippen LogP contribution >= 0.6 is 12.6 Å². The van der Waals surface area contributed by atoms with Crippen molar-refractivity contribution in [1.82, 2.24) is 0 Å². The summed E-state index contributed by atoms with van der Waals surface area (Å²) in [6.45, 7) is 0. The first-order chi connectivity index (χ1) is 7.43. The van der Waals surface area contributed by atoms with Crippen molar-refractivity contribution in [3.05, 3.63) is 29.8 Å². The third kappa shape index (κ3) is 3.65. The highest BCUT2D eigenvalue weighted by molar-refractivity contribution is 7.81. The lowest BCUT2D eigenvalue weighted by Crippen LogP contribution is -2.12. The number of halogens is 3. The molecule has 0 radical (unpaired) electrons. The van der Waals surface area contributed by atoms with Crippen molar-refractivity contribution in [2.24, 2.45) is 0 Å². The number of hydrogen-bond acceptors (Lipinski definition) is 4. The van der Waals surface area contributed by atoms with Crippen molar-refractivity contribution >= 4 is 24.3 Å². The molecule has 1 aromatic carbocycles. The highest BCUT2D eigenvalue weighted by Gasteiger charge is 2.30. The van der Waals surface area contributed by atoms with Gasteiger partial charge < -0.3 is 4.84 Å². The van der Waals surface area contributed by atoms with Gasteiger partial charge in [0.05, 0.1) is 17.0 Å². The van der Waals surface area contributed by atoms with E-state index in [1.54, 1.807) is 0 Å². The predicted molar refractivity (Wildman–Crippen MR) is 55.0 cm³/mol. The second kappa shape index (κ2) is 5.11. The quantitative estimate of drug-likeness (QED) is 0.640. The van der Waals surface area contributed by atoms with Gasteiger partial charge in [0.25, 0.3) is 0 Å². The van der Waals surface area contributed by atoms with Gasteiger partial charge in [-0.05, 0) is 18.2 Å². The molecule has 88 valence electrons. The maximum Gasteiger partial charge on any atom is 0.416 e. The third-order valence-electron chi connectivity index (χ3n) is 1.60. The molecule has 0 amide bonds. The fraction of sp³-hybridized carbons (Fsp3) is 0.222. The van der Waals surface area contributed by atoms with Crippen LogP contribution in [0.25, 0.3) is 0 Å². The first-order valence-electron chi connectivity index (χ1n) is 4.17. The number of benzene rings is 1. The monoisotopic (exact) mass is 251 g/mol. The van der Waals surface area contributed by atoms with Gasteiger partial charge in [-0.3, -0.25) is 0 Å². The van der Waals surface area contributed by atoms with E-state index in [1.165, 1.54) is 12.1 Å². The van der Waals surface area contributed by atoms with E-state index in [2.05, 4.69) is 22.9 Å². The molecule has 0 aliphatic heterocycles. The van der Waals surface area contributed by atoms with Gasteiger partial charge in [-0.25, -0.2) is 10.3 Å². The lowest BCUT2D eigenvalue weighted by Gasteiger charge is -2.09. The van der Waals surface area contributed by atoms with Crippen LogP contribution in [0.15, 0.2) is 24.3 Å². The Kier molecular flexibility index (Phi) is 4.05. The fourth-order valence-corrected chi connectivity index (χ4v) is 0.972. The van der Waals surface area contributed by atoms with E-state index in [0.717, 1.165) is 12.1 Å². The molecule has 1 aromatic rings. The van der Waals surface area contributed by atoms with Gasteiger partial charge >= 0.3 is 12.1 Å². The lowest BCUT2D eigenvalue weighted by atomic mass is 10.2. The Labute approximate surface area is 95.0 Å². The Morgan fingerprint density at radius 1 is 1.44 bits per heavy atom. The Morgan fingerprint density at radius 3 is 2.69 bits per heavy atom. The maximum atomic E-state index is 12.3. The van der Waals surface area contributed by atoms with Gasteiger partial charge in [0.1, 0.15) is 0 Å². The average Bonchev–Trinajstić information content (AvgIpc) is 2.25. The van der Waals surface area contributed by atoms with Crippen molar-refractivity contribution < 1.29 is 22.8 Å². The Bertz CT molecular complexity index is 381. The van der Waals surface area contributed by atoms with Gasteiger partial charge in [0, 0.05) is 0 Å². The molecule has 3 nitrogen and oxygen atoms in total. The van der Waals surface area contributed by atoms with Crippen LogP contribution in [0.4, 0.5) is 18.9 Å². The highest BCUT2D eigenvalue weighted by Crippen LogP contribution is 2.30. The summed E-state index contributed by atoms with van der Waals surface area (Å²) in [5, 5.41) is 0. The van der Waals surface area contributed by atoms with Gasteiger partial charge in [-0.1, -0.05) is 6.07 Å². The Morgan fingerprint density at radius 2 is 2.12 bits per heavy atom. The highest BCUT2D eigenvalue weighted by atomic mass is 32.1. The summed E-state index contributed by atoms with van der Waals surface area (Å²) in [6.07, 6.45) is -4.43. The second-order valence-corrected chi connectivity index (χ2v) is 3.13. The molecule has 1 rings (SSSR count). The zero-order chi connectivity index (χ0) is 12.2. The largest absolute Gasteiger partial charge is 0.416 e. The molecule has 0 saturated carbocycles. The summed E-state index contributed by atoms with van der Waals surface area (Å²) in [5.74, 6) is -0.841. The summed E-state index contributed by atoms with van der Waals surface area (Å²) in [5.41, 5.74) is 1.34. The summed E-state index contributed by atoms with van der Waals surface area (Å²) in [7, 11) is 0. The molecular formula is C9H8F3NO2S. The summed E-state index contributed by atoms with van der Waals surface area (Å²) in [4.78, 5) is 15.1. The van der Waals surface area contributed by atoms with E-state index in [9.17, 15) is 18.0 Å². The molecule has 0 aromatic heterocycles. The number of carbonyl (C=O) groups is 1. The van der Waals surface area contributed by atoms with Crippen molar-refractivity contribution in [3.63, 3.8) is 0 Å². The minimum atomic E-state index is -4.43. The molecule has 7 heteroatoms. The maximum absolute atomic E-state index is 12.3. The van der Waals surface area contributed by atoms with Crippen molar-refractivity contribution in [2.75, 3.05) is 11.2 Å². The molecule has 0 fully saturated rings. The average molecular weight is 251 g/mol. The first-order valence-corrected chi connectivity index (χ1v) is 4.80. The standard InChI is InChI=1S/C9H8F3NO2S/c10-9(11,12)6-2-1-3-7(4-6)13-15-8(14)5-16/h1-4,13,16H,5H2. The van der Waals surface area contributed by atoms with E-state index in [4.69, 9.17) is 0 Å². The number of alkyl halides is 3. The molecule has 0 aliphatic carbocycles. The number of carbonyl (C=O) groups excluding carboxylic acids is 1. The van der Waals surface area contributed by atoms with Gasteiger partial charge in [0.2, 0.25) is 0 Å². The minimum absolute atomic E-state index is 0.0463. The molecule has 0 atom stereocenters. The molecule has 0 aliphatic rings. The number of nitrogens with one attached hydrogen (secondary N) is 1. The Hall–Kier alpha value is -1.37. The van der Waals surface area contributed by atoms with E-state index < -0.39 is 17.7 Å². The molecule has 0 unspecified atom stereocenters. The van der Waals surface area contributed by atoms with Crippen molar-refractivity contribution in [1.29, 1.82) is 0 Å². The van der Waals surface area contributed by atoms with E-state index in [-0.39, 0.29) is 11.4 Å². The van der Waals surface area contributed by atoms with Crippen LogP contribution < -0.4 is 5.48 Å². The molecule has 0 saturated heterocycles. The van der Waals surface area contributed by atoms with E-state index >= 15 is 0 Å². The van der Waals surface area contributed by atoms with Crippen molar-refractivity contribution in [3.8, 4) is 0 Å². The van der Waals surface area contributed by atoms with Crippen molar-refractivity contribution in [2.45, 2.75) is 6.18 Å². The zero-order valence-electron chi connectivity index (χ0n) is 7.91. The van der Waals surface area contributed by atoms with Crippen LogP contribution in [0.3, 0.4) is 0 Å². The predicted octanol–water partition coefficient (Wildman–Crippen LogP) is 2.51. The topological polar surface area (TPSA) is 38.3 Å². The van der Waals surface area contributed by atoms with Crippen LogP contribution in [0.2, 0.25) is 0 Å². The van der Waals surface area contributed by atoms with Crippen LogP contribution in [-0.2, 0) is 15.8 Å². The molecule has 0 bridgehead atoms. The van der Waals surface area contributed by atoms with Gasteiger partial charge in [0.15, 0.2) is 0 Å². The molecule has 1 N–H and O–H groups in total. The minimum Gasteiger partial charge on any atom is -0.343 e. The number of hydrogen-bond donors (Lipinski definition) is 2. The second-order valence-electron chi connectivity index (χ2n) is 2.81. The summed E-state index contributed by atoms with van der Waals surface area (Å²) < 4.78 is 36.9. The number of rotatable bonds is 3. The first kappa shape index (κ1) is 12.7. The SMILES string of the molecule is O=C(CS)ONc1cccc(C(F)(F)F)c1. The van der Waals surface area contributed by atoms with Gasteiger partial charge in [-0.2, -0.15) is 25.8 Å². The van der Waals surface area contributed by atoms with Crippen LogP contribution in [0, 0.1) is 0 Å². The van der Waals surface area contributed by atoms with Crippen LogP contribution in [0.1, 0.15) is 5.56 Å². The van der Waals surface area contributed by atoms with Crippen LogP contribution in [-0.4, -0.2) is 11.7 Å². The lowest BCUT2D eigenvalue weighted by molar-refractivity contribution is -0.137. The zero-order valence-corrected chi connectivity index (χ0v) is 8.81. The fourth-order valence-electron chi connectivity index (χ4n) is 0.907. The molecule has 0 spiro atoms. The van der Waals surface area contributed by atoms with Crippen LogP contribution in [0.5, 0.6) is 0 Å². The third-order valence-corrected chi connectivity index (χ3v) is 1.86. The molecule has 16 heavy (non-hydrogen) atoms. The summed E-state index contributed by atoms with van der Waals surface area (Å²) in [6, 6.07) is 4.32. The smallest absolute Gasteiger partial charge is 0.343 e.